The summed E-state index contributed by atoms with van der Waals surface area (Å²) >= 11 is 10.4. The number of hydrogen-bond donors (Lipinski definition) is 1. The summed E-state index contributed by atoms with van der Waals surface area (Å²) in [6.45, 7) is 0. The number of halogens is 2. The Hall–Kier alpha value is -2.34. The van der Waals surface area contributed by atoms with Gasteiger partial charge in [-0.05, 0) is 54.1 Å². The van der Waals surface area contributed by atoms with Crippen molar-refractivity contribution in [3.8, 4) is 0 Å². The first-order valence-electron chi connectivity index (χ1n) is 8.22. The number of nitrogens with zero attached hydrogens (tertiary/aromatic N) is 2. The third kappa shape index (κ3) is 3.34. The quantitative estimate of drug-likeness (QED) is 0.592. The van der Waals surface area contributed by atoms with Gasteiger partial charge >= 0.3 is 0 Å². The minimum atomic E-state index is -1.61. The maximum atomic E-state index is 13.4. The minimum absolute atomic E-state index is 0.233. The van der Waals surface area contributed by atoms with Crippen LogP contribution in [-0.4, -0.2) is 10.0 Å². The number of hydrogen-bond acceptors (Lipinski definition) is 2. The number of para-hydroxylation sites is 1. The average molecular weight is 416 g/mol. The van der Waals surface area contributed by atoms with Gasteiger partial charge in [-0.25, -0.2) is 8.51 Å². The number of anilines is 2. The van der Waals surface area contributed by atoms with Gasteiger partial charge in [0, 0.05) is 10.0 Å². The lowest BCUT2D eigenvalue weighted by molar-refractivity contribution is 0.682. The Bertz CT molecular complexity index is 931. The number of rotatable bonds is 3. The number of nitrogens with one attached hydrogen (secondary N) is 1. The van der Waals surface area contributed by atoms with Crippen LogP contribution in [0.5, 0.6) is 0 Å². The standard InChI is InChI=1S/C20H15Cl2N3OS/c21-15-8-6-14(7-9-15)19-20(23)25(17-4-2-1-3-5-17)27(26)24(19)18-12-10-16(22)11-13-18/h1-13,19,23H. The molecule has 0 spiro atoms. The lowest BCUT2D eigenvalue weighted by Gasteiger charge is -2.23. The molecular weight excluding hydrogens is 401 g/mol. The highest BCUT2D eigenvalue weighted by atomic mass is 35.5. The van der Waals surface area contributed by atoms with E-state index in [4.69, 9.17) is 28.6 Å². The Balaban J connectivity index is 1.84. The molecule has 3 aromatic carbocycles. The molecule has 1 aliphatic heterocycles. The first kappa shape index (κ1) is 18.0. The van der Waals surface area contributed by atoms with Crippen molar-refractivity contribution >= 4 is 51.6 Å². The zero-order valence-electron chi connectivity index (χ0n) is 14.0. The fourth-order valence-electron chi connectivity index (χ4n) is 3.04. The Labute approximate surface area is 170 Å². The van der Waals surface area contributed by atoms with E-state index in [-0.39, 0.29) is 5.84 Å². The molecule has 27 heavy (non-hydrogen) atoms. The predicted molar refractivity (Wildman–Crippen MR) is 113 cm³/mol. The fraction of sp³-hybridized carbons (Fsp3) is 0.0500. The van der Waals surface area contributed by atoms with Crippen molar-refractivity contribution in [2.75, 3.05) is 8.61 Å². The molecule has 1 heterocycles. The summed E-state index contributed by atoms with van der Waals surface area (Å²) in [6.07, 6.45) is 0. The largest absolute Gasteiger partial charge is 0.285 e. The van der Waals surface area contributed by atoms with E-state index in [1.807, 2.05) is 54.6 Å². The second-order valence-electron chi connectivity index (χ2n) is 6.00. The summed E-state index contributed by atoms with van der Waals surface area (Å²) in [4.78, 5) is 0. The van der Waals surface area contributed by atoms with Gasteiger partial charge in [0.15, 0.2) is 0 Å². The summed E-state index contributed by atoms with van der Waals surface area (Å²) in [5.74, 6) is 0.233. The van der Waals surface area contributed by atoms with Gasteiger partial charge < -0.3 is 0 Å². The van der Waals surface area contributed by atoms with E-state index in [9.17, 15) is 4.21 Å². The van der Waals surface area contributed by atoms with E-state index < -0.39 is 17.2 Å². The van der Waals surface area contributed by atoms with Crippen LogP contribution in [0, 0.1) is 5.41 Å². The monoisotopic (exact) mass is 415 g/mol. The van der Waals surface area contributed by atoms with Crippen LogP contribution in [0.3, 0.4) is 0 Å². The molecule has 4 rings (SSSR count). The number of amidine groups is 1. The SMILES string of the molecule is N=C1C(c2ccc(Cl)cc2)N(c2ccc(Cl)cc2)S(=O)N1c1ccccc1. The van der Waals surface area contributed by atoms with Crippen molar-refractivity contribution in [3.63, 3.8) is 0 Å². The molecule has 136 valence electrons. The van der Waals surface area contributed by atoms with E-state index in [2.05, 4.69) is 0 Å². The highest BCUT2D eigenvalue weighted by molar-refractivity contribution is 7.89. The Morgan fingerprint density at radius 3 is 1.93 bits per heavy atom. The minimum Gasteiger partial charge on any atom is -0.285 e. The normalized spacial score (nSPS) is 19.6. The Morgan fingerprint density at radius 1 is 0.778 bits per heavy atom. The summed E-state index contributed by atoms with van der Waals surface area (Å²) in [6, 6.07) is 23.2. The summed E-state index contributed by atoms with van der Waals surface area (Å²) < 4.78 is 16.7. The van der Waals surface area contributed by atoms with E-state index >= 15 is 0 Å². The molecule has 0 amide bonds. The molecule has 0 saturated carbocycles. The highest BCUT2D eigenvalue weighted by Crippen LogP contribution is 2.40. The molecule has 2 unspecified atom stereocenters. The van der Waals surface area contributed by atoms with Crippen LogP contribution >= 0.6 is 23.2 Å². The molecule has 4 nitrogen and oxygen atoms in total. The van der Waals surface area contributed by atoms with E-state index in [1.165, 1.54) is 4.31 Å². The molecule has 7 heteroatoms. The molecule has 3 aromatic rings. The van der Waals surface area contributed by atoms with Gasteiger partial charge in [-0.3, -0.25) is 9.71 Å². The summed E-state index contributed by atoms with van der Waals surface area (Å²) in [5.41, 5.74) is 2.27. The lowest BCUT2D eigenvalue weighted by atomic mass is 10.0. The molecular formula is C20H15Cl2N3OS. The van der Waals surface area contributed by atoms with Crippen LogP contribution in [0.15, 0.2) is 78.9 Å². The molecule has 0 radical (unpaired) electrons. The molecule has 1 aliphatic rings. The molecule has 1 fully saturated rings. The van der Waals surface area contributed by atoms with Crippen molar-refractivity contribution < 1.29 is 4.21 Å². The van der Waals surface area contributed by atoms with Crippen molar-refractivity contribution in [2.24, 2.45) is 0 Å². The van der Waals surface area contributed by atoms with Crippen molar-refractivity contribution in [1.82, 2.24) is 0 Å². The van der Waals surface area contributed by atoms with Crippen LogP contribution in [0.1, 0.15) is 11.6 Å². The summed E-state index contributed by atoms with van der Waals surface area (Å²) in [7, 11) is 0. The van der Waals surface area contributed by atoms with Crippen LogP contribution in [0.2, 0.25) is 10.0 Å². The molecule has 1 N–H and O–H groups in total. The van der Waals surface area contributed by atoms with Crippen molar-refractivity contribution in [2.45, 2.75) is 6.04 Å². The smallest absolute Gasteiger partial charge is 0.232 e. The van der Waals surface area contributed by atoms with Gasteiger partial charge in [-0.1, -0.05) is 53.5 Å². The van der Waals surface area contributed by atoms with Gasteiger partial charge in [0.25, 0.3) is 0 Å². The second kappa shape index (κ2) is 7.35. The van der Waals surface area contributed by atoms with Gasteiger partial charge in [-0.15, -0.1) is 0 Å². The zero-order valence-corrected chi connectivity index (χ0v) is 16.4. The topological polar surface area (TPSA) is 47.4 Å². The maximum Gasteiger partial charge on any atom is 0.232 e. The van der Waals surface area contributed by atoms with Crippen LogP contribution in [0.4, 0.5) is 11.4 Å². The highest BCUT2D eigenvalue weighted by Gasteiger charge is 2.44. The van der Waals surface area contributed by atoms with Crippen LogP contribution in [-0.2, 0) is 11.2 Å². The first-order chi connectivity index (χ1) is 13.1. The van der Waals surface area contributed by atoms with E-state index in [0.29, 0.717) is 15.7 Å². The molecule has 0 bridgehead atoms. The van der Waals surface area contributed by atoms with Crippen molar-refractivity contribution in [3.05, 3.63) is 94.5 Å². The van der Waals surface area contributed by atoms with E-state index in [0.717, 1.165) is 11.3 Å². The van der Waals surface area contributed by atoms with Crippen LogP contribution in [0.25, 0.3) is 0 Å². The predicted octanol–water partition coefficient (Wildman–Crippen LogP) is 5.62. The molecule has 1 saturated heterocycles. The molecule has 0 aliphatic carbocycles. The molecule has 0 aromatic heterocycles. The van der Waals surface area contributed by atoms with Gasteiger partial charge in [-0.2, -0.15) is 0 Å². The van der Waals surface area contributed by atoms with E-state index in [1.54, 1.807) is 28.6 Å². The van der Waals surface area contributed by atoms with Crippen molar-refractivity contribution in [1.29, 1.82) is 5.41 Å². The van der Waals surface area contributed by atoms with Gasteiger partial charge in [0.1, 0.15) is 11.9 Å². The third-order valence-corrected chi connectivity index (χ3v) is 6.28. The Morgan fingerprint density at radius 2 is 1.33 bits per heavy atom. The zero-order chi connectivity index (χ0) is 19.0. The first-order valence-corrected chi connectivity index (χ1v) is 10.0. The van der Waals surface area contributed by atoms with Crippen LogP contribution < -0.4 is 8.61 Å². The second-order valence-corrected chi connectivity index (χ2v) is 8.10. The van der Waals surface area contributed by atoms with Gasteiger partial charge in [0.05, 0.1) is 11.4 Å². The maximum absolute atomic E-state index is 13.4. The fourth-order valence-corrected chi connectivity index (χ4v) is 4.74. The summed E-state index contributed by atoms with van der Waals surface area (Å²) in [5, 5.41) is 9.99. The number of benzene rings is 3. The van der Waals surface area contributed by atoms with Gasteiger partial charge in [0.2, 0.25) is 11.2 Å². The Kier molecular flexibility index (Phi) is 4.91. The average Bonchev–Trinajstić information content (AvgIpc) is 2.94. The lowest BCUT2D eigenvalue weighted by Crippen LogP contribution is -2.27. The third-order valence-electron chi connectivity index (χ3n) is 4.29. The molecule has 2 atom stereocenters.